The molecule has 1 aromatic rings. The Balaban J connectivity index is 0.00000196. The summed E-state index contributed by atoms with van der Waals surface area (Å²) in [6.45, 7) is 4.11. The Bertz CT molecular complexity index is 374. The molecule has 4 N–H and O–H groups in total. The zero-order chi connectivity index (χ0) is 10.6. The Morgan fingerprint density at radius 1 is 1.40 bits per heavy atom. The molecule has 5 heteroatoms. The van der Waals surface area contributed by atoms with E-state index in [0.29, 0.717) is 0 Å². The van der Waals surface area contributed by atoms with Crippen molar-refractivity contribution < 1.29 is 0 Å². The van der Waals surface area contributed by atoms with E-state index in [0.717, 1.165) is 5.56 Å². The number of hydrogen-bond acceptors (Lipinski definition) is 2. The molecule has 0 heterocycles. The minimum Gasteiger partial charge on any atom is -0.369 e. The molecule has 1 aromatic carbocycles. The molecule has 0 fully saturated rings. The second kappa shape index (κ2) is 6.03. The van der Waals surface area contributed by atoms with E-state index in [1.54, 1.807) is 6.21 Å². The van der Waals surface area contributed by atoms with Crippen LogP contribution in [0.25, 0.3) is 0 Å². The van der Waals surface area contributed by atoms with Gasteiger partial charge in [-0.05, 0) is 30.5 Å². The maximum Gasteiger partial charge on any atom is 0.206 e. The van der Waals surface area contributed by atoms with Crippen molar-refractivity contribution in [3.8, 4) is 0 Å². The highest BCUT2D eigenvalue weighted by molar-refractivity contribution is 5.85. The minimum atomic E-state index is -0.162. The van der Waals surface area contributed by atoms with Crippen LogP contribution in [0.15, 0.2) is 23.3 Å². The van der Waals surface area contributed by atoms with E-state index in [-0.39, 0.29) is 18.4 Å². The van der Waals surface area contributed by atoms with Gasteiger partial charge in [0.05, 0.1) is 6.21 Å². The van der Waals surface area contributed by atoms with E-state index >= 15 is 0 Å². The lowest BCUT2D eigenvalue weighted by atomic mass is 10.1. The maximum atomic E-state index is 6.89. The quantitative estimate of drug-likeness (QED) is 0.407. The Morgan fingerprint density at radius 2 is 2.07 bits per heavy atom. The van der Waals surface area contributed by atoms with Gasteiger partial charge >= 0.3 is 0 Å². The fourth-order valence-electron chi connectivity index (χ4n) is 1.02. The van der Waals surface area contributed by atoms with Crippen LogP contribution < -0.4 is 11.2 Å². The largest absolute Gasteiger partial charge is 0.369 e. The van der Waals surface area contributed by atoms with Gasteiger partial charge in [0.25, 0.3) is 0 Å². The molecular weight excluding hydrogens is 212 g/mol. The van der Waals surface area contributed by atoms with E-state index in [1.165, 1.54) is 11.1 Å². The first-order chi connectivity index (χ1) is 6.59. The van der Waals surface area contributed by atoms with Crippen molar-refractivity contribution in [1.82, 2.24) is 5.43 Å². The summed E-state index contributed by atoms with van der Waals surface area (Å²) in [6, 6.07) is 6.03. The van der Waals surface area contributed by atoms with E-state index < -0.39 is 0 Å². The van der Waals surface area contributed by atoms with Gasteiger partial charge in [0, 0.05) is 0 Å². The Kier molecular flexibility index (Phi) is 5.41. The molecule has 0 saturated heterocycles. The lowest BCUT2D eigenvalue weighted by Crippen LogP contribution is -2.25. The molecule has 0 aliphatic rings. The highest BCUT2D eigenvalue weighted by Crippen LogP contribution is 2.07. The lowest BCUT2D eigenvalue weighted by Gasteiger charge is -2.00. The van der Waals surface area contributed by atoms with E-state index in [2.05, 4.69) is 17.5 Å². The fourth-order valence-corrected chi connectivity index (χ4v) is 1.02. The smallest absolute Gasteiger partial charge is 0.206 e. The van der Waals surface area contributed by atoms with Crippen molar-refractivity contribution in [3.05, 3.63) is 34.9 Å². The molecule has 0 radical (unpaired) electrons. The summed E-state index contributed by atoms with van der Waals surface area (Å²) in [5.74, 6) is -0.162. The van der Waals surface area contributed by atoms with E-state index in [4.69, 9.17) is 11.1 Å². The highest BCUT2D eigenvalue weighted by atomic mass is 35.5. The van der Waals surface area contributed by atoms with Crippen LogP contribution in [0.2, 0.25) is 0 Å². The normalized spacial score (nSPS) is 9.73. The molecule has 0 spiro atoms. The van der Waals surface area contributed by atoms with Crippen LogP contribution in [0.1, 0.15) is 16.7 Å². The molecule has 0 aliphatic heterocycles. The first-order valence-corrected chi connectivity index (χ1v) is 4.30. The summed E-state index contributed by atoms with van der Waals surface area (Å²) in [5.41, 5.74) is 10.9. The summed E-state index contributed by atoms with van der Waals surface area (Å²) < 4.78 is 0. The summed E-state index contributed by atoms with van der Waals surface area (Å²) in [7, 11) is 0. The van der Waals surface area contributed by atoms with Crippen molar-refractivity contribution >= 4 is 24.6 Å². The molecule has 0 unspecified atom stereocenters. The van der Waals surface area contributed by atoms with E-state index in [9.17, 15) is 0 Å². The number of rotatable bonds is 2. The number of aryl methyl sites for hydroxylation is 2. The topological polar surface area (TPSA) is 74.3 Å². The average Bonchev–Trinajstić information content (AvgIpc) is 2.10. The zero-order valence-corrected chi connectivity index (χ0v) is 9.56. The fraction of sp³-hybridized carbons (Fsp3) is 0.200. The van der Waals surface area contributed by atoms with Crippen LogP contribution in [-0.4, -0.2) is 12.2 Å². The van der Waals surface area contributed by atoms with Gasteiger partial charge in [-0.15, -0.1) is 12.4 Å². The standard InChI is InChI=1S/C10H14N4.ClH/c1-7-3-4-9(5-8(7)2)6-13-14-10(11)12;/h3-6H,1-2H3,(H4,11,12,14);1H. The SMILES string of the molecule is Cc1ccc(C=NNC(=N)N)cc1C.Cl. The molecular formula is C10H15ClN4. The molecule has 1 rings (SSSR count). The Labute approximate surface area is 95.5 Å². The van der Waals surface area contributed by atoms with Crippen molar-refractivity contribution in [3.63, 3.8) is 0 Å². The minimum absolute atomic E-state index is 0. The predicted molar refractivity (Wildman–Crippen MR) is 65.8 cm³/mol. The van der Waals surface area contributed by atoms with Crippen LogP contribution in [0.4, 0.5) is 0 Å². The highest BCUT2D eigenvalue weighted by Gasteiger charge is 1.92. The van der Waals surface area contributed by atoms with Crippen molar-refractivity contribution in [2.45, 2.75) is 13.8 Å². The number of benzene rings is 1. The van der Waals surface area contributed by atoms with Gasteiger partial charge in [0.1, 0.15) is 0 Å². The number of guanidine groups is 1. The second-order valence-electron chi connectivity index (χ2n) is 3.13. The maximum absolute atomic E-state index is 6.89. The van der Waals surface area contributed by atoms with E-state index in [1.807, 2.05) is 25.1 Å². The third kappa shape index (κ3) is 4.46. The molecule has 15 heavy (non-hydrogen) atoms. The van der Waals surface area contributed by atoms with Crippen LogP contribution in [0, 0.1) is 19.3 Å². The molecule has 0 aliphatic carbocycles. The second-order valence-corrected chi connectivity index (χ2v) is 3.13. The lowest BCUT2D eigenvalue weighted by molar-refractivity contribution is 1.00. The molecule has 4 nitrogen and oxygen atoms in total. The molecule has 0 atom stereocenters. The molecule has 0 amide bonds. The van der Waals surface area contributed by atoms with Crippen molar-refractivity contribution in [2.24, 2.45) is 10.8 Å². The van der Waals surface area contributed by atoms with Crippen LogP contribution in [0.5, 0.6) is 0 Å². The number of nitrogens with one attached hydrogen (secondary N) is 2. The summed E-state index contributed by atoms with van der Waals surface area (Å²) in [6.07, 6.45) is 1.63. The monoisotopic (exact) mass is 226 g/mol. The van der Waals surface area contributed by atoms with Gasteiger partial charge in [-0.25, -0.2) is 5.43 Å². The van der Waals surface area contributed by atoms with Crippen molar-refractivity contribution in [1.29, 1.82) is 5.41 Å². The third-order valence-electron chi connectivity index (χ3n) is 1.93. The first kappa shape index (κ1) is 13.4. The summed E-state index contributed by atoms with van der Waals surface area (Å²) >= 11 is 0. The molecule has 82 valence electrons. The van der Waals surface area contributed by atoms with Crippen LogP contribution in [-0.2, 0) is 0 Å². The van der Waals surface area contributed by atoms with Crippen LogP contribution in [0.3, 0.4) is 0 Å². The van der Waals surface area contributed by atoms with Gasteiger partial charge in [0.15, 0.2) is 0 Å². The number of halogens is 1. The first-order valence-electron chi connectivity index (χ1n) is 4.30. The molecule has 0 aromatic heterocycles. The van der Waals surface area contributed by atoms with Crippen LogP contribution >= 0.6 is 12.4 Å². The average molecular weight is 227 g/mol. The number of nitrogens with two attached hydrogens (primary N) is 1. The van der Waals surface area contributed by atoms with Gasteiger partial charge in [-0.1, -0.05) is 18.2 Å². The van der Waals surface area contributed by atoms with Gasteiger partial charge in [0.2, 0.25) is 5.96 Å². The van der Waals surface area contributed by atoms with Crippen molar-refractivity contribution in [2.75, 3.05) is 0 Å². The van der Waals surface area contributed by atoms with Gasteiger partial charge in [-0.2, -0.15) is 5.10 Å². The summed E-state index contributed by atoms with van der Waals surface area (Å²) in [5, 5.41) is 10.7. The number of nitrogens with zero attached hydrogens (tertiary/aromatic N) is 1. The zero-order valence-electron chi connectivity index (χ0n) is 8.74. The Hall–Kier alpha value is -1.55. The van der Waals surface area contributed by atoms with Gasteiger partial charge in [-0.3, -0.25) is 5.41 Å². The molecule has 0 saturated carbocycles. The summed E-state index contributed by atoms with van der Waals surface area (Å²) in [4.78, 5) is 0. The third-order valence-corrected chi connectivity index (χ3v) is 1.93. The number of hydrazone groups is 1. The molecule has 0 bridgehead atoms. The predicted octanol–water partition coefficient (Wildman–Crippen LogP) is 1.54. The van der Waals surface area contributed by atoms with Gasteiger partial charge < -0.3 is 5.73 Å². The number of hydrogen-bond donors (Lipinski definition) is 3. The Morgan fingerprint density at radius 3 is 2.60 bits per heavy atom.